The van der Waals surface area contributed by atoms with E-state index in [9.17, 15) is 4.39 Å². The molecular weight excluding hydrogens is 197 g/mol. The summed E-state index contributed by atoms with van der Waals surface area (Å²) in [4.78, 5) is 0. The van der Waals surface area contributed by atoms with Crippen LogP contribution in [0.15, 0.2) is 23.4 Å². The topological polar surface area (TPSA) is 70.6 Å². The average molecular weight is 211 g/mol. The zero-order valence-corrected chi connectivity index (χ0v) is 8.50. The van der Waals surface area contributed by atoms with Crippen molar-refractivity contribution in [2.75, 3.05) is 11.9 Å². The second kappa shape index (κ2) is 5.19. The van der Waals surface area contributed by atoms with Gasteiger partial charge >= 0.3 is 0 Å². The van der Waals surface area contributed by atoms with Crippen molar-refractivity contribution in [1.82, 2.24) is 0 Å². The standard InChI is InChI=1S/C10H14FN3O/c1-7-6-8(2-3-9(7)11)13-5-4-10(12)14-15/h2-3,6,13,15H,4-5H2,1H3,(H2,12,14). The van der Waals surface area contributed by atoms with Crippen LogP contribution in [-0.4, -0.2) is 17.6 Å². The third kappa shape index (κ3) is 3.46. The number of hydrogen-bond acceptors (Lipinski definition) is 3. The van der Waals surface area contributed by atoms with Gasteiger partial charge in [-0.15, -0.1) is 0 Å². The molecule has 0 fully saturated rings. The van der Waals surface area contributed by atoms with Gasteiger partial charge in [0.2, 0.25) is 0 Å². The number of nitrogens with zero attached hydrogens (tertiary/aromatic N) is 1. The van der Waals surface area contributed by atoms with Crippen LogP contribution in [-0.2, 0) is 0 Å². The van der Waals surface area contributed by atoms with Crippen molar-refractivity contribution in [3.05, 3.63) is 29.6 Å². The van der Waals surface area contributed by atoms with E-state index >= 15 is 0 Å². The zero-order valence-electron chi connectivity index (χ0n) is 8.50. The molecule has 0 aromatic heterocycles. The summed E-state index contributed by atoms with van der Waals surface area (Å²) in [6, 6.07) is 4.76. The highest BCUT2D eigenvalue weighted by atomic mass is 19.1. The Hall–Kier alpha value is -1.78. The lowest BCUT2D eigenvalue weighted by molar-refractivity contribution is 0.317. The van der Waals surface area contributed by atoms with E-state index in [0.717, 1.165) is 5.69 Å². The molecule has 4 N–H and O–H groups in total. The second-order valence-corrected chi connectivity index (χ2v) is 3.23. The minimum Gasteiger partial charge on any atom is -0.409 e. The van der Waals surface area contributed by atoms with Crippen molar-refractivity contribution in [3.63, 3.8) is 0 Å². The molecule has 4 nitrogen and oxygen atoms in total. The van der Waals surface area contributed by atoms with Gasteiger partial charge in [0.15, 0.2) is 0 Å². The summed E-state index contributed by atoms with van der Waals surface area (Å²) in [5, 5.41) is 14.2. The minimum absolute atomic E-state index is 0.168. The molecule has 0 saturated heterocycles. The van der Waals surface area contributed by atoms with E-state index in [0.29, 0.717) is 18.5 Å². The maximum Gasteiger partial charge on any atom is 0.140 e. The van der Waals surface area contributed by atoms with Crippen molar-refractivity contribution in [2.45, 2.75) is 13.3 Å². The van der Waals surface area contributed by atoms with Crippen molar-refractivity contribution in [3.8, 4) is 0 Å². The Labute approximate surface area is 87.6 Å². The van der Waals surface area contributed by atoms with Gasteiger partial charge in [0.1, 0.15) is 11.7 Å². The summed E-state index contributed by atoms with van der Waals surface area (Å²) in [5.41, 5.74) is 6.70. The number of nitrogens with two attached hydrogens (primary N) is 1. The largest absolute Gasteiger partial charge is 0.409 e. The van der Waals surface area contributed by atoms with Crippen LogP contribution in [0.4, 0.5) is 10.1 Å². The zero-order chi connectivity index (χ0) is 11.3. The summed E-state index contributed by atoms with van der Waals surface area (Å²) in [6.45, 7) is 2.24. The molecule has 0 spiro atoms. The highest BCUT2D eigenvalue weighted by Crippen LogP contribution is 2.13. The fraction of sp³-hybridized carbons (Fsp3) is 0.300. The molecule has 0 heterocycles. The molecule has 0 atom stereocenters. The first kappa shape index (κ1) is 11.3. The predicted octanol–water partition coefficient (Wildman–Crippen LogP) is 1.68. The molecule has 0 aliphatic heterocycles. The number of rotatable bonds is 4. The number of nitrogens with one attached hydrogen (secondary N) is 1. The quantitative estimate of drug-likeness (QED) is 0.307. The number of hydrogen-bond donors (Lipinski definition) is 3. The summed E-state index contributed by atoms with van der Waals surface area (Å²) in [7, 11) is 0. The Morgan fingerprint density at radius 2 is 2.33 bits per heavy atom. The highest BCUT2D eigenvalue weighted by molar-refractivity contribution is 5.80. The van der Waals surface area contributed by atoms with E-state index in [-0.39, 0.29) is 11.7 Å². The molecule has 0 bridgehead atoms. The van der Waals surface area contributed by atoms with Crippen LogP contribution in [0.2, 0.25) is 0 Å². The number of aryl methyl sites for hydroxylation is 1. The molecular formula is C10H14FN3O. The first-order valence-electron chi connectivity index (χ1n) is 4.60. The van der Waals surface area contributed by atoms with Gasteiger partial charge in [-0.05, 0) is 30.7 Å². The van der Waals surface area contributed by atoms with Crippen molar-refractivity contribution >= 4 is 11.5 Å². The van der Waals surface area contributed by atoms with Gasteiger partial charge < -0.3 is 16.3 Å². The molecule has 82 valence electrons. The van der Waals surface area contributed by atoms with Gasteiger partial charge in [0.05, 0.1) is 0 Å². The van der Waals surface area contributed by atoms with E-state index in [1.54, 1.807) is 19.1 Å². The van der Waals surface area contributed by atoms with E-state index < -0.39 is 0 Å². The Bertz CT molecular complexity index is 366. The summed E-state index contributed by atoms with van der Waals surface area (Å²) < 4.78 is 12.9. The summed E-state index contributed by atoms with van der Waals surface area (Å²) in [5.74, 6) is -0.0571. The molecule has 15 heavy (non-hydrogen) atoms. The number of oxime groups is 1. The van der Waals surface area contributed by atoms with Gasteiger partial charge in [0.25, 0.3) is 0 Å². The Morgan fingerprint density at radius 3 is 2.93 bits per heavy atom. The Kier molecular flexibility index (Phi) is 3.91. The third-order valence-corrected chi connectivity index (χ3v) is 2.00. The molecule has 0 aliphatic rings. The fourth-order valence-corrected chi connectivity index (χ4v) is 1.14. The van der Waals surface area contributed by atoms with Gasteiger partial charge in [-0.3, -0.25) is 0 Å². The first-order valence-corrected chi connectivity index (χ1v) is 4.60. The van der Waals surface area contributed by atoms with Crippen LogP contribution in [0, 0.1) is 12.7 Å². The van der Waals surface area contributed by atoms with Crippen molar-refractivity contribution in [2.24, 2.45) is 10.9 Å². The van der Waals surface area contributed by atoms with Crippen LogP contribution >= 0.6 is 0 Å². The Morgan fingerprint density at radius 1 is 1.60 bits per heavy atom. The van der Waals surface area contributed by atoms with E-state index in [4.69, 9.17) is 10.9 Å². The second-order valence-electron chi connectivity index (χ2n) is 3.23. The molecule has 0 saturated carbocycles. The Balaban J connectivity index is 2.48. The molecule has 5 heteroatoms. The van der Waals surface area contributed by atoms with Crippen LogP contribution in [0.5, 0.6) is 0 Å². The van der Waals surface area contributed by atoms with Gasteiger partial charge in [-0.1, -0.05) is 5.16 Å². The van der Waals surface area contributed by atoms with Crippen LogP contribution in [0.1, 0.15) is 12.0 Å². The van der Waals surface area contributed by atoms with E-state index in [1.807, 2.05) is 0 Å². The third-order valence-electron chi connectivity index (χ3n) is 2.00. The number of benzene rings is 1. The van der Waals surface area contributed by atoms with E-state index in [2.05, 4.69) is 10.5 Å². The number of anilines is 1. The predicted molar refractivity (Wildman–Crippen MR) is 57.7 cm³/mol. The molecule has 0 radical (unpaired) electrons. The smallest absolute Gasteiger partial charge is 0.140 e. The van der Waals surface area contributed by atoms with Crippen LogP contribution < -0.4 is 11.1 Å². The maximum absolute atomic E-state index is 12.9. The maximum atomic E-state index is 12.9. The normalized spacial score (nSPS) is 11.5. The number of halogens is 1. The van der Waals surface area contributed by atoms with Crippen molar-refractivity contribution in [1.29, 1.82) is 0 Å². The molecule has 1 aromatic rings. The monoisotopic (exact) mass is 211 g/mol. The summed E-state index contributed by atoms with van der Waals surface area (Å²) >= 11 is 0. The first-order chi connectivity index (χ1) is 7.13. The van der Waals surface area contributed by atoms with Crippen molar-refractivity contribution < 1.29 is 9.60 Å². The lowest BCUT2D eigenvalue weighted by Crippen LogP contribution is -2.16. The van der Waals surface area contributed by atoms with Crippen LogP contribution in [0.25, 0.3) is 0 Å². The highest BCUT2D eigenvalue weighted by Gasteiger charge is 1.98. The summed E-state index contributed by atoms with van der Waals surface area (Å²) in [6.07, 6.45) is 0.437. The lowest BCUT2D eigenvalue weighted by atomic mass is 10.2. The van der Waals surface area contributed by atoms with Crippen LogP contribution in [0.3, 0.4) is 0 Å². The molecule has 0 aliphatic carbocycles. The van der Waals surface area contributed by atoms with E-state index in [1.165, 1.54) is 6.07 Å². The van der Waals surface area contributed by atoms with Gasteiger partial charge in [-0.2, -0.15) is 0 Å². The molecule has 0 amide bonds. The SMILES string of the molecule is Cc1cc(NCCC(N)=NO)ccc1F. The average Bonchev–Trinajstić information content (AvgIpc) is 2.23. The lowest BCUT2D eigenvalue weighted by Gasteiger charge is -2.06. The molecule has 0 unspecified atom stereocenters. The molecule has 1 aromatic carbocycles. The van der Waals surface area contributed by atoms with Gasteiger partial charge in [0, 0.05) is 18.7 Å². The van der Waals surface area contributed by atoms with Gasteiger partial charge in [-0.25, -0.2) is 4.39 Å². The fourth-order valence-electron chi connectivity index (χ4n) is 1.14. The minimum atomic E-state index is -0.225. The molecule has 1 rings (SSSR count). The number of amidine groups is 1.